The van der Waals surface area contributed by atoms with Crippen LogP contribution in [0.2, 0.25) is 0 Å². The third kappa shape index (κ3) is 3.29. The van der Waals surface area contributed by atoms with Crippen molar-refractivity contribution in [3.8, 4) is 28.7 Å². The summed E-state index contributed by atoms with van der Waals surface area (Å²) < 4.78 is 22.0. The quantitative estimate of drug-likeness (QED) is 0.757. The van der Waals surface area contributed by atoms with E-state index in [2.05, 4.69) is 15.5 Å². The van der Waals surface area contributed by atoms with Crippen LogP contribution in [0.3, 0.4) is 0 Å². The summed E-state index contributed by atoms with van der Waals surface area (Å²) in [5.41, 5.74) is 1.53. The maximum absolute atomic E-state index is 12.9. The summed E-state index contributed by atoms with van der Waals surface area (Å²) in [4.78, 5) is 12.9. The van der Waals surface area contributed by atoms with Gasteiger partial charge < -0.3 is 23.9 Å². The van der Waals surface area contributed by atoms with E-state index in [1.54, 1.807) is 43.3 Å². The van der Waals surface area contributed by atoms with E-state index in [0.29, 0.717) is 59.1 Å². The van der Waals surface area contributed by atoms with Crippen molar-refractivity contribution in [3.05, 3.63) is 47.9 Å². The van der Waals surface area contributed by atoms with E-state index in [-0.39, 0.29) is 5.91 Å². The van der Waals surface area contributed by atoms with Gasteiger partial charge in [-0.05, 0) is 30.3 Å². The highest BCUT2D eigenvalue weighted by Crippen LogP contribution is 2.35. The highest BCUT2D eigenvalue weighted by molar-refractivity contribution is 6.07. The monoisotopic (exact) mass is 367 g/mol. The lowest BCUT2D eigenvalue weighted by Crippen LogP contribution is -2.20. The molecule has 0 atom stereocenters. The second-order valence-electron chi connectivity index (χ2n) is 5.83. The van der Waals surface area contributed by atoms with Crippen LogP contribution in [0.15, 0.2) is 40.8 Å². The molecule has 1 aliphatic heterocycles. The van der Waals surface area contributed by atoms with E-state index >= 15 is 0 Å². The van der Waals surface area contributed by atoms with Crippen molar-refractivity contribution in [2.45, 2.75) is 6.92 Å². The smallest absolute Gasteiger partial charge is 0.259 e. The summed E-state index contributed by atoms with van der Waals surface area (Å²) in [5.74, 6) is 1.97. The summed E-state index contributed by atoms with van der Waals surface area (Å²) >= 11 is 0. The summed E-state index contributed by atoms with van der Waals surface area (Å²) in [7, 11) is 1.53. The van der Waals surface area contributed by atoms with E-state index in [4.69, 9.17) is 18.6 Å². The predicted molar refractivity (Wildman–Crippen MR) is 96.4 cm³/mol. The van der Waals surface area contributed by atoms with Crippen molar-refractivity contribution in [2.24, 2.45) is 0 Å². The van der Waals surface area contributed by atoms with Crippen LogP contribution in [0.25, 0.3) is 11.5 Å². The molecule has 0 saturated carbocycles. The first-order valence-electron chi connectivity index (χ1n) is 8.34. The molecule has 2 aromatic carbocycles. The van der Waals surface area contributed by atoms with Crippen LogP contribution < -0.4 is 19.5 Å². The van der Waals surface area contributed by atoms with Gasteiger partial charge in [-0.3, -0.25) is 4.79 Å². The number of carbonyl (C=O) groups is 1. The molecule has 8 heteroatoms. The number of anilines is 1. The molecular formula is C19H17N3O5. The predicted octanol–water partition coefficient (Wildman–Crippen LogP) is 3.08. The number of methoxy groups -OCH3 is 1. The molecule has 138 valence electrons. The molecule has 0 unspecified atom stereocenters. The Morgan fingerprint density at radius 1 is 1.15 bits per heavy atom. The highest BCUT2D eigenvalue weighted by Gasteiger charge is 2.21. The van der Waals surface area contributed by atoms with Gasteiger partial charge in [0.2, 0.25) is 11.8 Å². The molecular weight excluding hydrogens is 350 g/mol. The molecule has 1 amide bonds. The minimum absolute atomic E-state index is 0.338. The summed E-state index contributed by atoms with van der Waals surface area (Å²) in [6, 6.07) is 10.4. The fourth-order valence-electron chi connectivity index (χ4n) is 2.79. The summed E-state index contributed by atoms with van der Waals surface area (Å²) in [5, 5.41) is 10.7. The van der Waals surface area contributed by atoms with Gasteiger partial charge in [0.25, 0.3) is 5.91 Å². The second kappa shape index (κ2) is 6.99. The van der Waals surface area contributed by atoms with Crippen LogP contribution in [0, 0.1) is 6.92 Å². The third-order valence-corrected chi connectivity index (χ3v) is 4.03. The maximum Gasteiger partial charge on any atom is 0.259 e. The van der Waals surface area contributed by atoms with Gasteiger partial charge in [-0.25, -0.2) is 0 Å². The fourth-order valence-corrected chi connectivity index (χ4v) is 2.79. The molecule has 27 heavy (non-hydrogen) atoms. The van der Waals surface area contributed by atoms with E-state index in [9.17, 15) is 4.79 Å². The lowest BCUT2D eigenvalue weighted by molar-refractivity contribution is 0.101. The number of nitrogens with zero attached hydrogens (tertiary/aromatic N) is 2. The first-order valence-corrected chi connectivity index (χ1v) is 8.34. The number of hydrogen-bond donors (Lipinski definition) is 1. The zero-order chi connectivity index (χ0) is 18.8. The average molecular weight is 367 g/mol. The maximum atomic E-state index is 12.9. The number of nitrogens with one attached hydrogen (secondary N) is 1. The first-order chi connectivity index (χ1) is 13.2. The number of benzene rings is 2. The van der Waals surface area contributed by atoms with Crippen LogP contribution in [0.4, 0.5) is 5.69 Å². The largest absolute Gasteiger partial charge is 0.495 e. The van der Waals surface area contributed by atoms with Gasteiger partial charge in [0.1, 0.15) is 19.0 Å². The van der Waals surface area contributed by atoms with E-state index in [1.807, 2.05) is 0 Å². The highest BCUT2D eigenvalue weighted by atomic mass is 16.6. The van der Waals surface area contributed by atoms with Crippen LogP contribution in [0.1, 0.15) is 16.2 Å². The zero-order valence-corrected chi connectivity index (χ0v) is 14.8. The lowest BCUT2D eigenvalue weighted by Gasteiger charge is -2.20. The van der Waals surface area contributed by atoms with Crippen LogP contribution in [-0.2, 0) is 0 Å². The number of fused-ring (bicyclic) bond motifs is 1. The molecule has 8 nitrogen and oxygen atoms in total. The molecule has 1 aliphatic rings. The van der Waals surface area contributed by atoms with E-state index in [1.165, 1.54) is 7.11 Å². The Balaban J connectivity index is 1.66. The number of amides is 1. The topological polar surface area (TPSA) is 95.7 Å². The van der Waals surface area contributed by atoms with Crippen LogP contribution in [0.5, 0.6) is 17.2 Å². The molecule has 0 saturated heterocycles. The standard InChI is InChI=1S/C19H17N3O5/c1-11-21-22-19(27-11)12-6-7-15(24-2)14(10-12)20-18(23)13-4-3-5-16-17(13)26-9-8-25-16/h3-7,10H,8-9H2,1-2H3,(H,20,23). The van der Waals surface area contributed by atoms with Crippen molar-refractivity contribution < 1.29 is 23.4 Å². The zero-order valence-electron chi connectivity index (χ0n) is 14.8. The minimum Gasteiger partial charge on any atom is -0.495 e. The fraction of sp³-hybridized carbons (Fsp3) is 0.211. The molecule has 3 aromatic rings. The SMILES string of the molecule is COc1ccc(-c2nnc(C)o2)cc1NC(=O)c1cccc2c1OCCO2. The van der Waals surface area contributed by atoms with Gasteiger partial charge in [0.05, 0.1) is 18.4 Å². The van der Waals surface area contributed by atoms with Gasteiger partial charge >= 0.3 is 0 Å². The van der Waals surface area contributed by atoms with Gasteiger partial charge in [-0.2, -0.15) is 0 Å². The summed E-state index contributed by atoms with van der Waals surface area (Å²) in [6.45, 7) is 2.56. The Morgan fingerprint density at radius 2 is 2.00 bits per heavy atom. The average Bonchev–Trinajstić information content (AvgIpc) is 3.14. The first kappa shape index (κ1) is 16.9. The van der Waals surface area contributed by atoms with Crippen molar-refractivity contribution in [2.75, 3.05) is 25.6 Å². The Morgan fingerprint density at radius 3 is 2.78 bits per heavy atom. The molecule has 0 bridgehead atoms. The van der Waals surface area contributed by atoms with Crippen molar-refractivity contribution in [3.63, 3.8) is 0 Å². The van der Waals surface area contributed by atoms with E-state index < -0.39 is 0 Å². The van der Waals surface area contributed by atoms with Gasteiger partial charge in [-0.1, -0.05) is 6.07 Å². The normalized spacial score (nSPS) is 12.5. The Hall–Kier alpha value is -3.55. The number of aryl methyl sites for hydroxylation is 1. The lowest BCUT2D eigenvalue weighted by atomic mass is 10.1. The number of hydrogen-bond acceptors (Lipinski definition) is 7. The molecule has 0 aliphatic carbocycles. The van der Waals surface area contributed by atoms with Crippen molar-refractivity contribution in [1.82, 2.24) is 10.2 Å². The molecule has 1 N–H and O–H groups in total. The van der Waals surface area contributed by atoms with Crippen molar-refractivity contribution >= 4 is 11.6 Å². The van der Waals surface area contributed by atoms with Crippen molar-refractivity contribution in [1.29, 1.82) is 0 Å². The van der Waals surface area contributed by atoms with Crippen LogP contribution >= 0.6 is 0 Å². The number of carbonyl (C=O) groups excluding carboxylic acids is 1. The molecule has 2 heterocycles. The van der Waals surface area contributed by atoms with Gasteiger partial charge in [0, 0.05) is 12.5 Å². The summed E-state index contributed by atoms with van der Waals surface area (Å²) in [6.07, 6.45) is 0. The van der Waals surface area contributed by atoms with Gasteiger partial charge in [0.15, 0.2) is 11.5 Å². The number of aromatic nitrogens is 2. The molecule has 4 rings (SSSR count). The van der Waals surface area contributed by atoms with Gasteiger partial charge in [-0.15, -0.1) is 10.2 Å². The Kier molecular flexibility index (Phi) is 4.37. The molecule has 1 aromatic heterocycles. The Bertz CT molecular complexity index is 999. The van der Waals surface area contributed by atoms with Crippen LogP contribution in [-0.4, -0.2) is 36.4 Å². The number of ether oxygens (including phenoxy) is 3. The molecule has 0 fully saturated rings. The second-order valence-corrected chi connectivity index (χ2v) is 5.83. The molecule has 0 spiro atoms. The molecule has 0 radical (unpaired) electrons. The Labute approximate surface area is 155 Å². The minimum atomic E-state index is -0.338. The number of para-hydroxylation sites is 1. The number of rotatable bonds is 4. The third-order valence-electron chi connectivity index (χ3n) is 4.03. The van der Waals surface area contributed by atoms with E-state index in [0.717, 1.165) is 0 Å².